The van der Waals surface area contributed by atoms with Crippen LogP contribution < -0.4 is 10.1 Å². The number of nitrogens with zero attached hydrogens (tertiary/aromatic N) is 6. The SMILES string of the molecule is COCC(=O)N[C@H]1CO[C@H]2[C@@H]1OC[C@@H]2n1nnnc1Oc1ccc(-n2ccnc2)cc1. The number of benzene rings is 1. The van der Waals surface area contributed by atoms with Crippen LogP contribution in [0.5, 0.6) is 11.8 Å². The highest BCUT2D eigenvalue weighted by Crippen LogP contribution is 2.36. The normalized spacial score (nSPS) is 24.8. The summed E-state index contributed by atoms with van der Waals surface area (Å²) in [5, 5.41) is 14.7. The number of nitrogens with one attached hydrogen (secondary N) is 1. The van der Waals surface area contributed by atoms with Crippen molar-refractivity contribution in [2.24, 2.45) is 0 Å². The van der Waals surface area contributed by atoms with Gasteiger partial charge in [-0.15, -0.1) is 0 Å². The van der Waals surface area contributed by atoms with Crippen LogP contribution in [-0.4, -0.2) is 80.8 Å². The van der Waals surface area contributed by atoms with Crippen molar-refractivity contribution in [1.82, 2.24) is 35.1 Å². The van der Waals surface area contributed by atoms with Crippen LogP contribution in [0.15, 0.2) is 43.0 Å². The van der Waals surface area contributed by atoms with Crippen LogP contribution in [0.4, 0.5) is 0 Å². The topological polar surface area (TPSA) is 127 Å². The van der Waals surface area contributed by atoms with E-state index in [0.29, 0.717) is 19.0 Å². The third kappa shape index (κ3) is 3.87. The number of carbonyl (C=O) groups is 1. The lowest BCUT2D eigenvalue weighted by atomic mass is 10.1. The lowest BCUT2D eigenvalue weighted by Crippen LogP contribution is -2.45. The van der Waals surface area contributed by atoms with E-state index >= 15 is 0 Å². The van der Waals surface area contributed by atoms with E-state index in [1.165, 1.54) is 7.11 Å². The Bertz CT molecular complexity index is 1020. The molecule has 12 nitrogen and oxygen atoms in total. The molecule has 2 aliphatic rings. The second kappa shape index (κ2) is 8.41. The summed E-state index contributed by atoms with van der Waals surface area (Å²) in [6.07, 6.45) is 4.70. The molecule has 2 aliphatic heterocycles. The molecule has 3 aromatic rings. The van der Waals surface area contributed by atoms with Crippen molar-refractivity contribution in [2.75, 3.05) is 26.9 Å². The van der Waals surface area contributed by atoms with Crippen molar-refractivity contribution in [3.63, 3.8) is 0 Å². The van der Waals surface area contributed by atoms with E-state index < -0.39 is 0 Å². The second-order valence-electron chi connectivity index (χ2n) is 7.24. The summed E-state index contributed by atoms with van der Waals surface area (Å²) < 4.78 is 26.0. The van der Waals surface area contributed by atoms with Crippen molar-refractivity contribution in [3.05, 3.63) is 43.0 Å². The maximum Gasteiger partial charge on any atom is 0.341 e. The van der Waals surface area contributed by atoms with E-state index in [-0.39, 0.29) is 42.8 Å². The molecular formula is C19H21N7O5. The number of amides is 1. The van der Waals surface area contributed by atoms with Gasteiger partial charge in [-0.3, -0.25) is 4.79 Å². The molecule has 2 fully saturated rings. The Morgan fingerprint density at radius 1 is 1.23 bits per heavy atom. The number of imidazole rings is 1. The lowest BCUT2D eigenvalue weighted by Gasteiger charge is -2.18. The number of hydrogen-bond acceptors (Lipinski definition) is 9. The van der Waals surface area contributed by atoms with E-state index in [2.05, 4.69) is 25.8 Å². The van der Waals surface area contributed by atoms with Crippen LogP contribution in [0, 0.1) is 0 Å². The molecule has 0 radical (unpaired) electrons. The van der Waals surface area contributed by atoms with Crippen LogP contribution in [0.25, 0.3) is 5.69 Å². The number of carbonyl (C=O) groups excluding carboxylic acids is 1. The van der Waals surface area contributed by atoms with E-state index in [9.17, 15) is 4.79 Å². The first-order valence-corrected chi connectivity index (χ1v) is 9.78. The Morgan fingerprint density at radius 3 is 2.84 bits per heavy atom. The molecule has 0 bridgehead atoms. The maximum atomic E-state index is 11.8. The van der Waals surface area contributed by atoms with E-state index in [4.69, 9.17) is 18.9 Å². The van der Waals surface area contributed by atoms with Gasteiger partial charge in [-0.1, -0.05) is 5.10 Å². The summed E-state index contributed by atoms with van der Waals surface area (Å²) in [6.45, 7) is 0.671. The Balaban J connectivity index is 1.27. The number of rotatable bonds is 7. The number of aromatic nitrogens is 6. The van der Waals surface area contributed by atoms with Gasteiger partial charge in [0.2, 0.25) is 5.91 Å². The van der Waals surface area contributed by atoms with E-state index in [0.717, 1.165) is 5.69 Å². The Morgan fingerprint density at radius 2 is 2.06 bits per heavy atom. The van der Waals surface area contributed by atoms with Gasteiger partial charge in [0.1, 0.15) is 30.6 Å². The largest absolute Gasteiger partial charge is 0.423 e. The van der Waals surface area contributed by atoms with Crippen LogP contribution in [0.3, 0.4) is 0 Å². The minimum absolute atomic E-state index is 0.0120. The molecule has 0 unspecified atom stereocenters. The summed E-state index contributed by atoms with van der Waals surface area (Å²) in [6, 6.07) is 7.19. The quantitative estimate of drug-likeness (QED) is 0.559. The predicted molar refractivity (Wildman–Crippen MR) is 104 cm³/mol. The third-order valence-corrected chi connectivity index (χ3v) is 5.27. The van der Waals surface area contributed by atoms with Gasteiger partial charge in [-0.2, -0.15) is 4.68 Å². The summed E-state index contributed by atoms with van der Waals surface area (Å²) in [4.78, 5) is 15.9. The highest BCUT2D eigenvalue weighted by atomic mass is 16.6. The Labute approximate surface area is 177 Å². The zero-order valence-corrected chi connectivity index (χ0v) is 16.7. The fourth-order valence-corrected chi connectivity index (χ4v) is 3.86. The molecule has 162 valence electrons. The van der Waals surface area contributed by atoms with Crippen LogP contribution >= 0.6 is 0 Å². The average Bonchev–Trinajstić information content (AvgIpc) is 3.55. The first-order valence-electron chi connectivity index (χ1n) is 9.78. The summed E-state index contributed by atoms with van der Waals surface area (Å²) in [5.74, 6) is 0.377. The molecule has 12 heteroatoms. The molecule has 2 saturated heterocycles. The molecular weight excluding hydrogens is 406 g/mol. The molecule has 1 amide bonds. The van der Waals surface area contributed by atoms with Gasteiger partial charge in [-0.25, -0.2) is 4.98 Å². The third-order valence-electron chi connectivity index (χ3n) is 5.27. The molecule has 0 saturated carbocycles. The molecule has 31 heavy (non-hydrogen) atoms. The Hall–Kier alpha value is -3.35. The number of fused-ring (bicyclic) bond motifs is 1. The van der Waals surface area contributed by atoms with E-state index in [1.807, 2.05) is 35.0 Å². The van der Waals surface area contributed by atoms with Gasteiger partial charge in [-0.05, 0) is 34.7 Å². The zero-order chi connectivity index (χ0) is 21.2. The van der Waals surface area contributed by atoms with Crippen molar-refractivity contribution >= 4 is 5.91 Å². The van der Waals surface area contributed by atoms with Crippen molar-refractivity contribution in [2.45, 2.75) is 24.3 Å². The highest BCUT2D eigenvalue weighted by Gasteiger charge is 2.50. The smallest absolute Gasteiger partial charge is 0.341 e. The Kier molecular flexibility index (Phi) is 5.32. The minimum Gasteiger partial charge on any atom is -0.423 e. The first kappa shape index (κ1) is 19.6. The fraction of sp³-hybridized carbons (Fsp3) is 0.421. The summed E-state index contributed by atoms with van der Waals surface area (Å²) >= 11 is 0. The molecule has 1 N–H and O–H groups in total. The molecule has 4 heterocycles. The summed E-state index contributed by atoms with van der Waals surface area (Å²) in [5.41, 5.74) is 0.956. The van der Waals surface area contributed by atoms with Crippen LogP contribution in [0.2, 0.25) is 0 Å². The monoisotopic (exact) mass is 427 g/mol. The molecule has 0 spiro atoms. The molecule has 5 rings (SSSR count). The van der Waals surface area contributed by atoms with Gasteiger partial charge in [0.25, 0.3) is 0 Å². The molecule has 1 aromatic carbocycles. The molecule has 2 aromatic heterocycles. The fourth-order valence-electron chi connectivity index (χ4n) is 3.86. The van der Waals surface area contributed by atoms with Gasteiger partial charge in [0, 0.05) is 25.2 Å². The van der Waals surface area contributed by atoms with Crippen molar-refractivity contribution in [3.8, 4) is 17.4 Å². The standard InChI is InChI=1S/C19H21N7O5/c1-28-10-16(27)21-14-8-29-18-15(9-30-17(14)18)26-19(22-23-24-26)31-13-4-2-12(3-5-13)25-7-6-20-11-25/h2-7,11,14-15,17-18H,8-10H2,1H3,(H,21,27)/t14-,15-,17+,18+/m0/s1. The first-order chi connectivity index (χ1) is 15.2. The zero-order valence-electron chi connectivity index (χ0n) is 16.7. The average molecular weight is 427 g/mol. The van der Waals surface area contributed by atoms with Gasteiger partial charge in [0.05, 0.1) is 25.6 Å². The predicted octanol–water partition coefficient (Wildman–Crippen LogP) is 0.121. The second-order valence-corrected chi connectivity index (χ2v) is 7.24. The number of hydrogen-bond donors (Lipinski definition) is 1. The lowest BCUT2D eigenvalue weighted by molar-refractivity contribution is -0.126. The van der Waals surface area contributed by atoms with Gasteiger partial charge in [0.15, 0.2) is 0 Å². The molecule has 4 atom stereocenters. The molecule has 0 aliphatic carbocycles. The van der Waals surface area contributed by atoms with Gasteiger partial charge >= 0.3 is 6.01 Å². The van der Waals surface area contributed by atoms with Crippen molar-refractivity contribution in [1.29, 1.82) is 0 Å². The van der Waals surface area contributed by atoms with Crippen molar-refractivity contribution < 1.29 is 23.7 Å². The highest BCUT2D eigenvalue weighted by molar-refractivity contribution is 5.77. The summed E-state index contributed by atoms with van der Waals surface area (Å²) in [7, 11) is 1.47. The minimum atomic E-state index is -0.303. The van der Waals surface area contributed by atoms with Crippen LogP contribution in [0.1, 0.15) is 6.04 Å². The maximum absolute atomic E-state index is 11.8. The number of ether oxygens (including phenoxy) is 4. The van der Waals surface area contributed by atoms with Crippen LogP contribution in [-0.2, 0) is 19.0 Å². The number of methoxy groups -OCH3 is 1. The van der Waals surface area contributed by atoms with Gasteiger partial charge < -0.3 is 28.8 Å². The van der Waals surface area contributed by atoms with E-state index in [1.54, 1.807) is 17.2 Å². The number of tetrazole rings is 1.